The quantitative estimate of drug-likeness (QED) is 0.936. The van der Waals surface area contributed by atoms with E-state index in [4.69, 9.17) is 11.6 Å². The Morgan fingerprint density at radius 1 is 1.32 bits per heavy atom. The summed E-state index contributed by atoms with van der Waals surface area (Å²) in [5.74, 6) is 0. The molecule has 1 aromatic carbocycles. The van der Waals surface area contributed by atoms with Crippen LogP contribution in [0, 0.1) is 20.8 Å². The predicted octanol–water partition coefficient (Wildman–Crippen LogP) is 3.27. The van der Waals surface area contributed by atoms with Gasteiger partial charge in [0, 0.05) is 13.5 Å². The lowest BCUT2D eigenvalue weighted by atomic mass is 9.96. The Balaban J connectivity index is 2.31. The lowest BCUT2D eigenvalue weighted by molar-refractivity contribution is 0.175. The average Bonchev–Trinajstić information content (AvgIpc) is 2.59. The van der Waals surface area contributed by atoms with Crippen LogP contribution in [-0.2, 0) is 13.5 Å². The molecule has 1 aromatic heterocycles. The summed E-state index contributed by atoms with van der Waals surface area (Å²) in [6, 6.07) is 5.98. The molecule has 19 heavy (non-hydrogen) atoms. The lowest BCUT2D eigenvalue weighted by Gasteiger charge is -2.15. The van der Waals surface area contributed by atoms with Crippen molar-refractivity contribution in [2.45, 2.75) is 33.3 Å². The van der Waals surface area contributed by atoms with Gasteiger partial charge in [-0.3, -0.25) is 4.68 Å². The van der Waals surface area contributed by atoms with Gasteiger partial charge in [0.1, 0.15) is 0 Å². The minimum Gasteiger partial charge on any atom is -0.388 e. The first-order valence-corrected chi connectivity index (χ1v) is 6.71. The van der Waals surface area contributed by atoms with Crippen molar-refractivity contribution >= 4 is 11.6 Å². The summed E-state index contributed by atoms with van der Waals surface area (Å²) in [5.41, 5.74) is 4.93. The summed E-state index contributed by atoms with van der Waals surface area (Å²) in [6.45, 7) is 5.95. The number of aromatic nitrogens is 2. The summed E-state index contributed by atoms with van der Waals surface area (Å²) in [5, 5.41) is 15.4. The number of aliphatic hydroxyl groups is 1. The number of nitrogens with zero attached hydrogens (tertiary/aromatic N) is 2. The van der Waals surface area contributed by atoms with Crippen LogP contribution in [0.4, 0.5) is 0 Å². The molecule has 0 radical (unpaired) electrons. The number of aryl methyl sites for hydroxylation is 3. The van der Waals surface area contributed by atoms with Gasteiger partial charge in [-0.1, -0.05) is 29.8 Å². The van der Waals surface area contributed by atoms with Crippen molar-refractivity contribution in [3.63, 3.8) is 0 Å². The smallest absolute Gasteiger partial charge is 0.0848 e. The predicted molar refractivity (Wildman–Crippen MR) is 77.5 cm³/mol. The first-order chi connectivity index (χ1) is 8.91. The standard InChI is InChI=1S/C15H19ClN2O/c1-9-6-5-7-12(10(9)2)14(19)8-13-15(16)11(3)17-18(13)4/h5-7,14,19H,8H2,1-4H3. The van der Waals surface area contributed by atoms with Gasteiger partial charge in [0.2, 0.25) is 0 Å². The topological polar surface area (TPSA) is 38.1 Å². The summed E-state index contributed by atoms with van der Waals surface area (Å²) < 4.78 is 1.74. The number of rotatable bonds is 3. The largest absolute Gasteiger partial charge is 0.388 e. The molecular weight excluding hydrogens is 260 g/mol. The third-order valence-electron chi connectivity index (χ3n) is 3.65. The zero-order chi connectivity index (χ0) is 14.2. The van der Waals surface area contributed by atoms with Gasteiger partial charge in [0.05, 0.1) is 22.5 Å². The van der Waals surface area contributed by atoms with E-state index in [0.717, 1.165) is 22.5 Å². The highest BCUT2D eigenvalue weighted by molar-refractivity contribution is 6.31. The molecule has 0 saturated carbocycles. The van der Waals surface area contributed by atoms with Gasteiger partial charge >= 0.3 is 0 Å². The molecule has 1 unspecified atom stereocenters. The molecule has 3 nitrogen and oxygen atoms in total. The van der Waals surface area contributed by atoms with Crippen LogP contribution < -0.4 is 0 Å². The second-order valence-corrected chi connectivity index (χ2v) is 5.36. The summed E-state index contributed by atoms with van der Waals surface area (Å²) in [6.07, 6.45) is -0.0901. The van der Waals surface area contributed by atoms with Crippen molar-refractivity contribution in [1.82, 2.24) is 9.78 Å². The molecule has 0 amide bonds. The number of benzene rings is 1. The van der Waals surface area contributed by atoms with Crippen molar-refractivity contribution < 1.29 is 5.11 Å². The Bertz CT molecular complexity index is 604. The fourth-order valence-electron chi connectivity index (χ4n) is 2.33. The van der Waals surface area contributed by atoms with Crippen molar-refractivity contribution in [1.29, 1.82) is 0 Å². The van der Waals surface area contributed by atoms with E-state index in [1.54, 1.807) is 4.68 Å². The van der Waals surface area contributed by atoms with Gasteiger partial charge in [-0.25, -0.2) is 0 Å². The molecule has 1 heterocycles. The molecule has 2 aromatic rings. The van der Waals surface area contributed by atoms with Crippen molar-refractivity contribution in [2.24, 2.45) is 7.05 Å². The number of hydrogen-bond acceptors (Lipinski definition) is 2. The van der Waals surface area contributed by atoms with Crippen LogP contribution in [0.2, 0.25) is 5.02 Å². The minimum atomic E-state index is -0.563. The number of halogens is 1. The molecular formula is C15H19ClN2O. The van der Waals surface area contributed by atoms with Crippen molar-refractivity contribution in [3.05, 3.63) is 51.3 Å². The van der Waals surface area contributed by atoms with Crippen LogP contribution in [-0.4, -0.2) is 14.9 Å². The van der Waals surface area contributed by atoms with Crippen LogP contribution in [0.3, 0.4) is 0 Å². The fraction of sp³-hybridized carbons (Fsp3) is 0.400. The SMILES string of the molecule is Cc1cccc(C(O)Cc2c(Cl)c(C)nn2C)c1C. The van der Waals surface area contributed by atoms with E-state index in [0.29, 0.717) is 11.4 Å². The lowest BCUT2D eigenvalue weighted by Crippen LogP contribution is -2.08. The van der Waals surface area contributed by atoms with Crippen LogP contribution in [0.15, 0.2) is 18.2 Å². The van der Waals surface area contributed by atoms with Crippen LogP contribution >= 0.6 is 11.6 Å². The van der Waals surface area contributed by atoms with E-state index in [-0.39, 0.29) is 0 Å². The van der Waals surface area contributed by atoms with E-state index >= 15 is 0 Å². The Morgan fingerprint density at radius 3 is 2.58 bits per heavy atom. The highest BCUT2D eigenvalue weighted by Gasteiger charge is 2.18. The molecule has 4 heteroatoms. The summed E-state index contributed by atoms with van der Waals surface area (Å²) in [7, 11) is 1.85. The van der Waals surface area contributed by atoms with E-state index in [9.17, 15) is 5.11 Å². The van der Waals surface area contributed by atoms with Crippen LogP contribution in [0.1, 0.15) is 34.2 Å². The molecule has 0 bridgehead atoms. The number of hydrogen-bond donors (Lipinski definition) is 1. The van der Waals surface area contributed by atoms with E-state index in [2.05, 4.69) is 5.10 Å². The highest BCUT2D eigenvalue weighted by Crippen LogP contribution is 2.27. The second-order valence-electron chi connectivity index (χ2n) is 4.98. The van der Waals surface area contributed by atoms with Gasteiger partial charge in [0.15, 0.2) is 0 Å². The van der Waals surface area contributed by atoms with E-state index < -0.39 is 6.10 Å². The van der Waals surface area contributed by atoms with E-state index in [1.165, 1.54) is 5.56 Å². The van der Waals surface area contributed by atoms with Gasteiger partial charge in [-0.2, -0.15) is 5.10 Å². The maximum Gasteiger partial charge on any atom is 0.0848 e. The van der Waals surface area contributed by atoms with Gasteiger partial charge in [-0.05, 0) is 37.5 Å². The van der Waals surface area contributed by atoms with Crippen molar-refractivity contribution in [2.75, 3.05) is 0 Å². The first kappa shape index (κ1) is 14.1. The molecule has 2 rings (SSSR count). The summed E-state index contributed by atoms with van der Waals surface area (Å²) >= 11 is 6.22. The van der Waals surface area contributed by atoms with Gasteiger partial charge in [-0.15, -0.1) is 0 Å². The molecule has 1 atom stereocenters. The molecule has 1 N–H and O–H groups in total. The average molecular weight is 279 g/mol. The minimum absolute atomic E-state index is 0.473. The first-order valence-electron chi connectivity index (χ1n) is 6.34. The Morgan fingerprint density at radius 2 is 2.00 bits per heavy atom. The zero-order valence-corrected chi connectivity index (χ0v) is 12.5. The summed E-state index contributed by atoms with van der Waals surface area (Å²) in [4.78, 5) is 0. The van der Waals surface area contributed by atoms with E-state index in [1.807, 2.05) is 46.0 Å². The van der Waals surface area contributed by atoms with Gasteiger partial charge in [0.25, 0.3) is 0 Å². The molecule has 0 aliphatic carbocycles. The molecule has 0 saturated heterocycles. The molecule has 0 spiro atoms. The second kappa shape index (κ2) is 5.35. The third-order valence-corrected chi connectivity index (χ3v) is 4.15. The van der Waals surface area contributed by atoms with Crippen molar-refractivity contribution in [3.8, 4) is 0 Å². The maximum absolute atomic E-state index is 10.4. The number of aliphatic hydroxyl groups excluding tert-OH is 1. The Kier molecular flexibility index (Phi) is 3.97. The van der Waals surface area contributed by atoms with Crippen LogP contribution in [0.25, 0.3) is 0 Å². The fourth-order valence-corrected chi connectivity index (χ4v) is 2.57. The van der Waals surface area contributed by atoms with Crippen LogP contribution in [0.5, 0.6) is 0 Å². The third kappa shape index (κ3) is 2.67. The van der Waals surface area contributed by atoms with Gasteiger partial charge < -0.3 is 5.11 Å². The monoisotopic (exact) mass is 278 g/mol. The maximum atomic E-state index is 10.4. The molecule has 102 valence electrons. The molecule has 0 aliphatic heterocycles. The molecule has 0 aliphatic rings. The zero-order valence-electron chi connectivity index (χ0n) is 11.7. The Labute approximate surface area is 118 Å². The Hall–Kier alpha value is -1.32. The normalized spacial score (nSPS) is 12.7. The highest BCUT2D eigenvalue weighted by atomic mass is 35.5. The molecule has 0 fully saturated rings.